The van der Waals surface area contributed by atoms with Crippen molar-refractivity contribution in [3.05, 3.63) is 53.8 Å². The highest BCUT2D eigenvalue weighted by molar-refractivity contribution is 5.95. The van der Waals surface area contributed by atoms with E-state index in [1.165, 1.54) is 37.4 Å². The maximum Gasteiger partial charge on any atom is 0.257 e. The van der Waals surface area contributed by atoms with E-state index in [0.717, 1.165) is 63.2 Å². The van der Waals surface area contributed by atoms with Crippen LogP contribution in [0.2, 0.25) is 0 Å². The van der Waals surface area contributed by atoms with E-state index in [1.807, 2.05) is 23.1 Å². The lowest BCUT2D eigenvalue weighted by atomic mass is 10.0. The van der Waals surface area contributed by atoms with Crippen LogP contribution in [0, 0.1) is 5.82 Å². The first-order chi connectivity index (χ1) is 15.2. The molecule has 5 rings (SSSR count). The van der Waals surface area contributed by atoms with Crippen molar-refractivity contribution in [1.82, 2.24) is 9.80 Å². The van der Waals surface area contributed by atoms with E-state index in [1.54, 1.807) is 6.07 Å². The molecular weight excluding hydrogens is 389 g/mol. The summed E-state index contributed by atoms with van der Waals surface area (Å²) in [4.78, 5) is 19.9. The van der Waals surface area contributed by atoms with Crippen LogP contribution in [0.3, 0.4) is 0 Å². The molecule has 3 heterocycles. The first-order valence-corrected chi connectivity index (χ1v) is 11.9. The zero-order chi connectivity index (χ0) is 21.2. The van der Waals surface area contributed by atoms with Crippen molar-refractivity contribution in [2.24, 2.45) is 0 Å². The second-order valence-corrected chi connectivity index (χ2v) is 9.24. The summed E-state index contributed by atoms with van der Waals surface area (Å²) in [5.74, 6) is -0.572. The maximum absolute atomic E-state index is 15.1. The molecule has 0 N–H and O–H groups in total. The number of hydrogen-bond donors (Lipinski definition) is 0. The second-order valence-electron chi connectivity index (χ2n) is 9.24. The third kappa shape index (κ3) is 4.33. The van der Waals surface area contributed by atoms with Crippen LogP contribution < -0.4 is 4.90 Å². The molecule has 0 saturated carbocycles. The third-order valence-electron chi connectivity index (χ3n) is 7.16. The average molecular weight is 422 g/mol. The average Bonchev–Trinajstić information content (AvgIpc) is 3.57. The van der Waals surface area contributed by atoms with E-state index < -0.39 is 5.82 Å². The van der Waals surface area contributed by atoms with Crippen molar-refractivity contribution in [2.45, 2.75) is 44.6 Å². The van der Waals surface area contributed by atoms with Gasteiger partial charge in [-0.1, -0.05) is 18.2 Å². The van der Waals surface area contributed by atoms with E-state index in [-0.39, 0.29) is 17.5 Å². The first-order valence-electron chi connectivity index (χ1n) is 11.9. The van der Waals surface area contributed by atoms with Gasteiger partial charge in [-0.05, 0) is 87.0 Å². The Hall–Kier alpha value is -2.40. The number of anilines is 1. The van der Waals surface area contributed by atoms with Gasteiger partial charge in [0.1, 0.15) is 5.82 Å². The quantitative estimate of drug-likeness (QED) is 0.694. The molecule has 5 heteroatoms. The standard InChI is InChI=1S/C26H32FN3O/c27-25-18-21(20-7-5-8-22(17-20)29-14-3-4-15-29)10-11-24(25)26(31)30-16-6-9-23(30)19-28-12-1-2-13-28/h5,7-8,10-11,17-18,23H,1-4,6,9,12-16,19H2/t23-/m0/s1. The zero-order valence-electron chi connectivity index (χ0n) is 18.2. The molecule has 1 amide bonds. The van der Waals surface area contributed by atoms with Crippen LogP contribution in [0.4, 0.5) is 10.1 Å². The monoisotopic (exact) mass is 421 g/mol. The van der Waals surface area contributed by atoms with Crippen molar-refractivity contribution >= 4 is 11.6 Å². The summed E-state index contributed by atoms with van der Waals surface area (Å²) < 4.78 is 15.1. The Labute approximate surface area is 184 Å². The van der Waals surface area contributed by atoms with Crippen molar-refractivity contribution < 1.29 is 9.18 Å². The predicted octanol–water partition coefficient (Wildman–Crippen LogP) is 4.79. The Morgan fingerprint density at radius 1 is 0.871 bits per heavy atom. The van der Waals surface area contributed by atoms with Crippen molar-refractivity contribution in [3.8, 4) is 11.1 Å². The SMILES string of the molecule is O=C(c1ccc(-c2cccc(N3CCCC3)c2)cc1F)N1CCC[C@H]1CN1CCCC1. The van der Waals surface area contributed by atoms with Gasteiger partial charge in [-0.15, -0.1) is 0 Å². The Kier molecular flexibility index (Phi) is 5.95. The fraction of sp³-hybridized carbons (Fsp3) is 0.500. The van der Waals surface area contributed by atoms with Crippen LogP contribution in [-0.4, -0.2) is 61.0 Å². The Bertz CT molecular complexity index is 934. The molecule has 1 atom stereocenters. The van der Waals surface area contributed by atoms with Gasteiger partial charge in [-0.25, -0.2) is 4.39 Å². The smallest absolute Gasteiger partial charge is 0.257 e. The van der Waals surface area contributed by atoms with Crippen LogP contribution in [0.5, 0.6) is 0 Å². The van der Waals surface area contributed by atoms with E-state index in [4.69, 9.17) is 0 Å². The fourth-order valence-electron chi connectivity index (χ4n) is 5.44. The number of carbonyl (C=O) groups excluding carboxylic acids is 1. The molecule has 3 aliphatic heterocycles. The summed E-state index contributed by atoms with van der Waals surface area (Å²) in [7, 11) is 0. The van der Waals surface area contributed by atoms with Gasteiger partial charge in [-0.2, -0.15) is 0 Å². The molecule has 164 valence electrons. The summed E-state index contributed by atoms with van der Waals surface area (Å²) in [6.07, 6.45) is 6.97. The molecule has 0 radical (unpaired) electrons. The zero-order valence-corrected chi connectivity index (χ0v) is 18.2. The van der Waals surface area contributed by atoms with Gasteiger partial charge < -0.3 is 14.7 Å². The lowest BCUT2D eigenvalue weighted by Crippen LogP contribution is -2.42. The van der Waals surface area contributed by atoms with E-state index in [0.29, 0.717) is 0 Å². The van der Waals surface area contributed by atoms with Crippen LogP contribution >= 0.6 is 0 Å². The summed E-state index contributed by atoms with van der Waals surface area (Å²) in [6, 6.07) is 13.6. The second kappa shape index (κ2) is 8.99. The van der Waals surface area contributed by atoms with Crippen LogP contribution in [0.1, 0.15) is 48.9 Å². The molecule has 4 nitrogen and oxygen atoms in total. The molecule has 0 bridgehead atoms. The number of halogens is 1. The summed E-state index contributed by atoms with van der Waals surface area (Å²) >= 11 is 0. The van der Waals surface area contributed by atoms with Crippen LogP contribution in [0.15, 0.2) is 42.5 Å². The van der Waals surface area contributed by atoms with Gasteiger partial charge in [0.25, 0.3) is 5.91 Å². The molecule has 0 aromatic heterocycles. The van der Waals surface area contributed by atoms with Crippen LogP contribution in [-0.2, 0) is 0 Å². The van der Waals surface area contributed by atoms with Gasteiger partial charge in [0.15, 0.2) is 0 Å². The molecule has 3 saturated heterocycles. The maximum atomic E-state index is 15.1. The highest BCUT2D eigenvalue weighted by Crippen LogP contribution is 2.29. The lowest BCUT2D eigenvalue weighted by molar-refractivity contribution is 0.0704. The topological polar surface area (TPSA) is 26.8 Å². The molecule has 3 fully saturated rings. The van der Waals surface area contributed by atoms with Gasteiger partial charge in [0, 0.05) is 37.9 Å². The number of amides is 1. The molecule has 2 aromatic carbocycles. The normalized spacial score (nSPS) is 21.9. The molecule has 0 unspecified atom stereocenters. The highest BCUT2D eigenvalue weighted by Gasteiger charge is 2.32. The number of benzene rings is 2. The minimum atomic E-state index is -0.416. The summed E-state index contributed by atoms with van der Waals surface area (Å²) in [5, 5.41) is 0. The number of likely N-dealkylation sites (tertiary alicyclic amines) is 2. The number of hydrogen-bond acceptors (Lipinski definition) is 3. The third-order valence-corrected chi connectivity index (χ3v) is 7.16. The van der Waals surface area contributed by atoms with Crippen molar-refractivity contribution in [1.29, 1.82) is 0 Å². The van der Waals surface area contributed by atoms with Gasteiger partial charge in [-0.3, -0.25) is 4.79 Å². The molecule has 3 aliphatic rings. The molecule has 0 aliphatic carbocycles. The molecule has 31 heavy (non-hydrogen) atoms. The number of nitrogens with zero attached hydrogens (tertiary/aromatic N) is 3. The summed E-state index contributed by atoms with van der Waals surface area (Å²) in [5.41, 5.74) is 3.21. The Balaban J connectivity index is 1.33. The minimum Gasteiger partial charge on any atom is -0.372 e. The van der Waals surface area contributed by atoms with E-state index in [9.17, 15) is 4.79 Å². The van der Waals surface area contributed by atoms with Crippen LogP contribution in [0.25, 0.3) is 11.1 Å². The largest absolute Gasteiger partial charge is 0.372 e. The van der Waals surface area contributed by atoms with Crippen molar-refractivity contribution in [2.75, 3.05) is 44.2 Å². The number of rotatable bonds is 5. The van der Waals surface area contributed by atoms with Crippen molar-refractivity contribution in [3.63, 3.8) is 0 Å². The van der Waals surface area contributed by atoms with Gasteiger partial charge in [0.05, 0.1) is 5.56 Å². The highest BCUT2D eigenvalue weighted by atomic mass is 19.1. The molecule has 0 spiro atoms. The first kappa shape index (κ1) is 20.5. The molecule has 2 aromatic rings. The molecular formula is C26H32FN3O. The van der Waals surface area contributed by atoms with Gasteiger partial charge in [0.2, 0.25) is 0 Å². The Morgan fingerprint density at radius 3 is 2.39 bits per heavy atom. The lowest BCUT2D eigenvalue weighted by Gasteiger charge is -2.28. The summed E-state index contributed by atoms with van der Waals surface area (Å²) in [6.45, 7) is 6.07. The predicted molar refractivity (Wildman–Crippen MR) is 123 cm³/mol. The van der Waals surface area contributed by atoms with Gasteiger partial charge >= 0.3 is 0 Å². The van der Waals surface area contributed by atoms with E-state index >= 15 is 4.39 Å². The fourth-order valence-corrected chi connectivity index (χ4v) is 5.44. The Morgan fingerprint density at radius 2 is 1.61 bits per heavy atom. The minimum absolute atomic E-state index is 0.156. The number of carbonyl (C=O) groups is 1. The van der Waals surface area contributed by atoms with E-state index in [2.05, 4.69) is 21.9 Å².